The Balaban J connectivity index is -0.0000000167. The van der Waals surface area contributed by atoms with Crippen LogP contribution in [0.1, 0.15) is 6.42 Å². The quantitative estimate of drug-likeness (QED) is 0.353. The van der Waals surface area contributed by atoms with Crippen LogP contribution in [0.2, 0.25) is 0 Å². The van der Waals surface area contributed by atoms with E-state index in [0.29, 0.717) is 0 Å². The van der Waals surface area contributed by atoms with E-state index < -0.39 is 0 Å². The van der Waals surface area contributed by atoms with Gasteiger partial charge in [0.25, 0.3) is 0 Å². The molecule has 0 radical (unpaired) electrons. The molecule has 0 heterocycles. The zero-order valence-electron chi connectivity index (χ0n) is 5.66. The van der Waals surface area contributed by atoms with Crippen LogP contribution in [0.4, 0.5) is 0 Å². The van der Waals surface area contributed by atoms with Gasteiger partial charge in [-0.1, -0.05) is 0 Å². The van der Waals surface area contributed by atoms with Crippen LogP contribution in [-0.4, -0.2) is 0 Å². The number of allylic oxidation sites excluding steroid dienone is 4. The Morgan fingerprint density at radius 3 is 1.70 bits per heavy atom. The molecule has 0 aliphatic heterocycles. The van der Waals surface area contributed by atoms with Crippen molar-refractivity contribution in [2.24, 2.45) is 0 Å². The van der Waals surface area contributed by atoms with E-state index in [1.165, 1.54) is 0 Å². The third-order valence-electron chi connectivity index (χ3n) is 0.586. The van der Waals surface area contributed by atoms with Gasteiger partial charge in [-0.05, 0) is 0 Å². The molecule has 1 rings (SSSR count). The van der Waals surface area contributed by atoms with Gasteiger partial charge in [0, 0.05) is 25.8 Å². The molecule has 4 heteroatoms. The van der Waals surface area contributed by atoms with Crippen molar-refractivity contribution in [2.75, 3.05) is 0 Å². The van der Waals surface area contributed by atoms with Crippen molar-refractivity contribution in [3.63, 3.8) is 0 Å². The first-order chi connectivity index (χ1) is 2.50. The van der Waals surface area contributed by atoms with E-state index >= 15 is 0 Å². The van der Waals surface area contributed by atoms with Crippen molar-refractivity contribution >= 4 is 50.9 Å². The molecule has 0 aromatic rings. The summed E-state index contributed by atoms with van der Waals surface area (Å²) in [6, 6.07) is 0. The van der Waals surface area contributed by atoms with Crippen LogP contribution in [0.15, 0.2) is 18.2 Å². The largest absolute Gasteiger partial charge is 0.358 e. The minimum atomic E-state index is 0. The minimum Gasteiger partial charge on any atom is -0.358 e. The first-order valence-corrected chi connectivity index (χ1v) is 1.72. The van der Waals surface area contributed by atoms with Crippen LogP contribution in [0, 0.1) is 13.5 Å². The molecular weight excluding hydrogens is 490 g/mol. The molecule has 1 aliphatic carbocycles. The van der Waals surface area contributed by atoms with Crippen molar-refractivity contribution in [3.05, 3.63) is 31.7 Å². The molecule has 62 valence electrons. The molecule has 0 unspecified atom stereocenters. The Morgan fingerprint density at radius 2 is 1.60 bits per heavy atom. The molecule has 0 saturated heterocycles. The van der Waals surface area contributed by atoms with Gasteiger partial charge in [-0.2, -0.15) is 6.08 Å². The third kappa shape index (κ3) is 16.4. The van der Waals surface area contributed by atoms with Crippen LogP contribution >= 0.6 is 50.9 Å². The summed E-state index contributed by atoms with van der Waals surface area (Å²) >= 11 is 0. The van der Waals surface area contributed by atoms with Crippen LogP contribution in [0.3, 0.4) is 0 Å². The molecule has 0 saturated carbocycles. The Kier molecular flexibility index (Phi) is 66.8. The van der Waals surface area contributed by atoms with Gasteiger partial charge < -0.3 is 7.43 Å². The second-order valence-electron chi connectivity index (χ2n) is 1.00. The maximum absolute atomic E-state index is 2.99. The van der Waals surface area contributed by atoms with Crippen LogP contribution in [0.25, 0.3) is 0 Å². The second kappa shape index (κ2) is 22.4. The summed E-state index contributed by atoms with van der Waals surface area (Å²) in [5, 5.41) is 0. The van der Waals surface area contributed by atoms with Crippen molar-refractivity contribution in [3.8, 4) is 0 Å². The van der Waals surface area contributed by atoms with E-state index in [1.807, 2.05) is 12.2 Å². The molecule has 10 heavy (non-hydrogen) atoms. The Bertz CT molecular complexity index is 71.1. The maximum Gasteiger partial charge on any atom is 0 e. The fraction of sp³-hybridized carbons (Fsp3) is 0.167. The van der Waals surface area contributed by atoms with Gasteiger partial charge in [-0.25, -0.2) is 12.2 Å². The van der Waals surface area contributed by atoms with E-state index in [2.05, 4.69) is 12.2 Å². The topological polar surface area (TPSA) is 0 Å². The van der Waals surface area contributed by atoms with Gasteiger partial charge in [0.05, 0.1) is 0 Å². The molecule has 0 atom stereocenters. The average Bonchev–Trinajstić information content (AvgIpc) is 1.76. The molecule has 0 aromatic heterocycles. The first-order valence-electron chi connectivity index (χ1n) is 1.72. The van der Waals surface area contributed by atoms with Crippen LogP contribution < -0.4 is 0 Å². The van der Waals surface area contributed by atoms with Crippen molar-refractivity contribution in [1.82, 2.24) is 0 Å². The van der Waals surface area contributed by atoms with E-state index in [4.69, 9.17) is 0 Å². The Hall–Kier alpha value is 1.79. The SMILES string of the molecule is Br.Br.Br.[C-]1=CC=CC1.[CH3-].[Hf]. The monoisotopic (exact) mass is 500 g/mol. The number of halogens is 3. The summed E-state index contributed by atoms with van der Waals surface area (Å²) in [4.78, 5) is 0. The summed E-state index contributed by atoms with van der Waals surface area (Å²) < 4.78 is 0. The smallest absolute Gasteiger partial charge is 0 e. The summed E-state index contributed by atoms with van der Waals surface area (Å²) in [6.45, 7) is 0. The van der Waals surface area contributed by atoms with E-state index in [-0.39, 0.29) is 84.2 Å². The summed E-state index contributed by atoms with van der Waals surface area (Å²) in [7, 11) is 0. The fourth-order valence-corrected chi connectivity index (χ4v) is 0.340. The van der Waals surface area contributed by atoms with Gasteiger partial charge in [-0.3, -0.25) is 6.08 Å². The van der Waals surface area contributed by atoms with Gasteiger partial charge in [-0.15, -0.1) is 57.4 Å². The molecule has 0 nitrogen and oxygen atoms in total. The predicted molar refractivity (Wildman–Crippen MR) is 59.0 cm³/mol. The van der Waals surface area contributed by atoms with E-state index in [9.17, 15) is 0 Å². The average molecular weight is 501 g/mol. The summed E-state index contributed by atoms with van der Waals surface area (Å²) in [6.07, 6.45) is 10.0. The molecule has 1 aliphatic rings. The minimum absolute atomic E-state index is 0. The Labute approximate surface area is 114 Å². The zero-order chi connectivity index (χ0) is 3.54. The van der Waals surface area contributed by atoms with Crippen LogP contribution in [-0.2, 0) is 25.8 Å². The van der Waals surface area contributed by atoms with E-state index in [1.54, 1.807) is 0 Å². The zero-order valence-corrected chi connectivity index (χ0v) is 14.4. The van der Waals surface area contributed by atoms with Crippen molar-refractivity contribution in [2.45, 2.75) is 6.42 Å². The van der Waals surface area contributed by atoms with Gasteiger partial charge in [0.1, 0.15) is 0 Å². The molecule has 0 N–H and O–H groups in total. The fourth-order valence-electron chi connectivity index (χ4n) is 0.340. The van der Waals surface area contributed by atoms with Crippen LogP contribution in [0.5, 0.6) is 0 Å². The summed E-state index contributed by atoms with van der Waals surface area (Å²) in [5.41, 5.74) is 0. The van der Waals surface area contributed by atoms with Gasteiger partial charge in [0.2, 0.25) is 0 Å². The molecule has 0 fully saturated rings. The predicted octanol–water partition coefficient (Wildman–Crippen LogP) is 3.49. The number of hydrogen-bond donors (Lipinski definition) is 0. The van der Waals surface area contributed by atoms with Crippen molar-refractivity contribution < 1.29 is 25.8 Å². The normalized spacial score (nSPS) is 8.80. The first kappa shape index (κ1) is 29.8. The maximum atomic E-state index is 2.99. The molecule has 0 amide bonds. The van der Waals surface area contributed by atoms with E-state index in [0.717, 1.165) is 6.42 Å². The standard InChI is InChI=1S/C5H5.CH3.3BrH.Hf/c1-2-4-5-3-1;;;;;/h1-3H,4H2;1H3;3*1H;/q2*-1;;;;. The number of hydrogen-bond acceptors (Lipinski definition) is 0. The molecular formula is C6H11Br3Hf-2. The third-order valence-corrected chi connectivity index (χ3v) is 0.586. The Morgan fingerprint density at radius 1 is 1.10 bits per heavy atom. The van der Waals surface area contributed by atoms with Gasteiger partial charge in [0.15, 0.2) is 0 Å². The van der Waals surface area contributed by atoms with Gasteiger partial charge >= 0.3 is 0 Å². The summed E-state index contributed by atoms with van der Waals surface area (Å²) in [5.74, 6) is 0. The number of rotatable bonds is 0. The van der Waals surface area contributed by atoms with Crippen molar-refractivity contribution in [1.29, 1.82) is 0 Å². The second-order valence-corrected chi connectivity index (χ2v) is 1.00. The molecule has 0 spiro atoms. The molecule has 0 aromatic carbocycles. The molecule has 0 bridgehead atoms.